The van der Waals surface area contributed by atoms with E-state index in [0.717, 1.165) is 16.5 Å². The molecule has 2 aromatic carbocycles. The first-order valence-electron chi connectivity index (χ1n) is 6.81. The highest BCUT2D eigenvalue weighted by Gasteiger charge is 2.07. The number of aromatic nitrogens is 1. The van der Waals surface area contributed by atoms with Gasteiger partial charge in [0, 0.05) is 29.2 Å². The number of hydrogen-bond donors (Lipinski definition) is 1. The van der Waals surface area contributed by atoms with Crippen LogP contribution in [0.25, 0.3) is 10.8 Å². The van der Waals surface area contributed by atoms with E-state index in [4.69, 9.17) is 15.2 Å². The Morgan fingerprint density at radius 2 is 1.95 bits per heavy atom. The fourth-order valence-electron chi connectivity index (χ4n) is 2.18. The largest absolute Gasteiger partial charge is 0.494 e. The molecule has 0 spiro atoms. The van der Waals surface area contributed by atoms with Crippen LogP contribution in [0.15, 0.2) is 54.9 Å². The van der Waals surface area contributed by atoms with Crippen molar-refractivity contribution in [3.63, 3.8) is 0 Å². The van der Waals surface area contributed by atoms with Crippen molar-refractivity contribution in [3.05, 3.63) is 54.9 Å². The molecule has 0 aliphatic carbocycles. The first-order chi connectivity index (χ1) is 10.3. The minimum Gasteiger partial charge on any atom is -0.494 e. The topological polar surface area (TPSA) is 57.4 Å². The van der Waals surface area contributed by atoms with Crippen molar-refractivity contribution >= 4 is 16.5 Å². The van der Waals surface area contributed by atoms with Crippen molar-refractivity contribution in [2.24, 2.45) is 0 Å². The van der Waals surface area contributed by atoms with Crippen LogP contribution < -0.4 is 15.2 Å². The second kappa shape index (κ2) is 5.71. The first kappa shape index (κ1) is 13.2. The summed E-state index contributed by atoms with van der Waals surface area (Å²) in [4.78, 5) is 4.09. The fourth-order valence-corrected chi connectivity index (χ4v) is 2.18. The van der Waals surface area contributed by atoms with Crippen molar-refractivity contribution in [1.82, 2.24) is 4.98 Å². The van der Waals surface area contributed by atoms with Crippen molar-refractivity contribution in [2.45, 2.75) is 6.92 Å². The van der Waals surface area contributed by atoms with Gasteiger partial charge in [0.15, 0.2) is 5.75 Å². The summed E-state index contributed by atoms with van der Waals surface area (Å²) in [5.41, 5.74) is 6.79. The van der Waals surface area contributed by atoms with E-state index in [-0.39, 0.29) is 0 Å². The maximum Gasteiger partial charge on any atom is 0.150 e. The highest BCUT2D eigenvalue weighted by atomic mass is 16.5. The number of fused-ring (bicyclic) bond motifs is 1. The summed E-state index contributed by atoms with van der Waals surface area (Å²) >= 11 is 0. The molecule has 4 nitrogen and oxygen atoms in total. The molecule has 0 fully saturated rings. The molecule has 0 saturated heterocycles. The molecule has 3 rings (SSSR count). The van der Waals surface area contributed by atoms with E-state index in [9.17, 15) is 0 Å². The number of anilines is 1. The van der Waals surface area contributed by atoms with Crippen LogP contribution in [0.3, 0.4) is 0 Å². The third-order valence-corrected chi connectivity index (χ3v) is 3.17. The minimum absolute atomic E-state index is 0.608. The second-order valence-electron chi connectivity index (χ2n) is 4.58. The Balaban J connectivity index is 1.94. The lowest BCUT2D eigenvalue weighted by atomic mass is 10.1. The number of nitrogens with zero attached hydrogens (tertiary/aromatic N) is 1. The van der Waals surface area contributed by atoms with E-state index >= 15 is 0 Å². The number of hydrogen-bond acceptors (Lipinski definition) is 4. The molecule has 0 radical (unpaired) electrons. The molecule has 21 heavy (non-hydrogen) atoms. The summed E-state index contributed by atoms with van der Waals surface area (Å²) in [6.07, 6.45) is 3.50. The monoisotopic (exact) mass is 280 g/mol. The Morgan fingerprint density at radius 3 is 2.81 bits per heavy atom. The highest BCUT2D eigenvalue weighted by molar-refractivity contribution is 5.95. The number of benzene rings is 2. The third-order valence-electron chi connectivity index (χ3n) is 3.17. The number of nitrogens with two attached hydrogens (primary N) is 1. The molecule has 0 saturated carbocycles. The smallest absolute Gasteiger partial charge is 0.150 e. The van der Waals surface area contributed by atoms with Gasteiger partial charge < -0.3 is 15.2 Å². The molecule has 0 amide bonds. The van der Waals surface area contributed by atoms with Crippen LogP contribution in [0.5, 0.6) is 17.2 Å². The van der Waals surface area contributed by atoms with Gasteiger partial charge in [0.1, 0.15) is 11.5 Å². The Kier molecular flexibility index (Phi) is 3.60. The van der Waals surface area contributed by atoms with Gasteiger partial charge in [-0.25, -0.2) is 0 Å². The van der Waals surface area contributed by atoms with E-state index in [1.54, 1.807) is 12.4 Å². The maximum absolute atomic E-state index is 6.18. The van der Waals surface area contributed by atoms with Gasteiger partial charge >= 0.3 is 0 Å². The van der Waals surface area contributed by atoms with E-state index < -0.39 is 0 Å². The van der Waals surface area contributed by atoms with Gasteiger partial charge in [0.2, 0.25) is 0 Å². The van der Waals surface area contributed by atoms with Crippen molar-refractivity contribution < 1.29 is 9.47 Å². The highest BCUT2D eigenvalue weighted by Crippen LogP contribution is 2.34. The number of rotatable bonds is 4. The Hall–Kier alpha value is -2.75. The minimum atomic E-state index is 0.608. The Labute approximate surface area is 123 Å². The molecule has 0 unspecified atom stereocenters. The molecule has 3 aromatic rings. The van der Waals surface area contributed by atoms with Gasteiger partial charge in [-0.1, -0.05) is 6.07 Å². The summed E-state index contributed by atoms with van der Waals surface area (Å²) in [5.74, 6) is 2.10. The molecular formula is C17H16N2O2. The fraction of sp³-hybridized carbons (Fsp3) is 0.118. The Bertz CT molecular complexity index is 772. The molecule has 2 N–H and O–H groups in total. The average molecular weight is 280 g/mol. The molecule has 106 valence electrons. The lowest BCUT2D eigenvalue weighted by Crippen LogP contribution is -1.95. The van der Waals surface area contributed by atoms with E-state index in [0.29, 0.717) is 23.8 Å². The van der Waals surface area contributed by atoms with Crippen molar-refractivity contribution in [2.75, 3.05) is 12.3 Å². The zero-order chi connectivity index (χ0) is 14.7. The van der Waals surface area contributed by atoms with Crippen LogP contribution in [-0.4, -0.2) is 11.6 Å². The quantitative estimate of drug-likeness (QED) is 0.734. The molecule has 0 aliphatic rings. The summed E-state index contributed by atoms with van der Waals surface area (Å²) in [6, 6.07) is 13.2. The molecular weight excluding hydrogens is 264 g/mol. The van der Waals surface area contributed by atoms with Gasteiger partial charge in [0.25, 0.3) is 0 Å². The molecule has 0 bridgehead atoms. The van der Waals surface area contributed by atoms with E-state index in [2.05, 4.69) is 4.98 Å². The standard InChI is InChI=1S/C17H16N2O2/c1-2-20-13-4-3-5-14(10-13)21-16-7-6-12-11-19-9-8-15(12)17(16)18/h3-11H,2,18H2,1H3. The van der Waals surface area contributed by atoms with Crippen molar-refractivity contribution in [3.8, 4) is 17.2 Å². The lowest BCUT2D eigenvalue weighted by Gasteiger charge is -2.11. The zero-order valence-electron chi connectivity index (χ0n) is 11.7. The van der Waals surface area contributed by atoms with Crippen LogP contribution in [0.4, 0.5) is 5.69 Å². The molecule has 0 aliphatic heterocycles. The third kappa shape index (κ3) is 2.74. The molecule has 4 heteroatoms. The summed E-state index contributed by atoms with van der Waals surface area (Å²) < 4.78 is 11.3. The van der Waals surface area contributed by atoms with Crippen LogP contribution in [-0.2, 0) is 0 Å². The van der Waals surface area contributed by atoms with E-state index in [1.165, 1.54) is 0 Å². The second-order valence-corrected chi connectivity index (χ2v) is 4.58. The number of pyridine rings is 1. The van der Waals surface area contributed by atoms with Gasteiger partial charge in [-0.2, -0.15) is 0 Å². The maximum atomic E-state index is 6.18. The van der Waals surface area contributed by atoms with Crippen molar-refractivity contribution in [1.29, 1.82) is 0 Å². The van der Waals surface area contributed by atoms with Gasteiger partial charge in [-0.05, 0) is 37.3 Å². The van der Waals surface area contributed by atoms with E-state index in [1.807, 2.05) is 49.4 Å². The summed E-state index contributed by atoms with van der Waals surface area (Å²) in [6.45, 7) is 2.57. The molecule has 1 heterocycles. The number of ether oxygens (including phenoxy) is 2. The molecule has 0 atom stereocenters. The average Bonchev–Trinajstić information content (AvgIpc) is 2.51. The Morgan fingerprint density at radius 1 is 1.10 bits per heavy atom. The van der Waals surface area contributed by atoms with Crippen LogP contribution >= 0.6 is 0 Å². The predicted octanol–water partition coefficient (Wildman–Crippen LogP) is 4.01. The first-order valence-corrected chi connectivity index (χ1v) is 6.81. The summed E-state index contributed by atoms with van der Waals surface area (Å²) in [5, 5.41) is 1.92. The zero-order valence-corrected chi connectivity index (χ0v) is 11.7. The van der Waals surface area contributed by atoms with Gasteiger partial charge in [0.05, 0.1) is 12.3 Å². The predicted molar refractivity (Wildman–Crippen MR) is 83.8 cm³/mol. The summed E-state index contributed by atoms with van der Waals surface area (Å²) in [7, 11) is 0. The van der Waals surface area contributed by atoms with Gasteiger partial charge in [-0.3, -0.25) is 4.98 Å². The van der Waals surface area contributed by atoms with Gasteiger partial charge in [-0.15, -0.1) is 0 Å². The lowest BCUT2D eigenvalue weighted by molar-refractivity contribution is 0.338. The van der Waals surface area contributed by atoms with Crippen LogP contribution in [0.1, 0.15) is 6.92 Å². The number of nitrogen functional groups attached to an aromatic ring is 1. The SMILES string of the molecule is CCOc1cccc(Oc2ccc3cnccc3c2N)c1. The normalized spacial score (nSPS) is 10.5. The molecule has 1 aromatic heterocycles. The van der Waals surface area contributed by atoms with Crippen LogP contribution in [0, 0.1) is 0 Å². The van der Waals surface area contributed by atoms with Crippen LogP contribution in [0.2, 0.25) is 0 Å².